The molecule has 1 aromatic carbocycles. The van der Waals surface area contributed by atoms with Gasteiger partial charge in [0.05, 0.1) is 0 Å². The van der Waals surface area contributed by atoms with Gasteiger partial charge < -0.3 is 14.6 Å². The second-order valence-electron chi connectivity index (χ2n) is 5.45. The van der Waals surface area contributed by atoms with E-state index >= 15 is 0 Å². The molecule has 20 heavy (non-hydrogen) atoms. The van der Waals surface area contributed by atoms with E-state index in [4.69, 9.17) is 9.26 Å². The van der Waals surface area contributed by atoms with Gasteiger partial charge in [-0.2, -0.15) is 4.98 Å². The number of rotatable bonds is 4. The molecule has 0 spiro atoms. The fourth-order valence-corrected chi connectivity index (χ4v) is 2.47. The average molecular weight is 273 g/mol. The topological polar surface area (TPSA) is 60.2 Å². The largest absolute Gasteiger partial charge is 0.484 e. The van der Waals surface area contributed by atoms with Crippen molar-refractivity contribution in [1.29, 1.82) is 0 Å². The van der Waals surface area contributed by atoms with Crippen LogP contribution in [0.3, 0.4) is 0 Å². The molecule has 0 amide bonds. The number of hydrogen-bond donors (Lipinski definition) is 1. The van der Waals surface area contributed by atoms with Gasteiger partial charge in [0, 0.05) is 12.0 Å². The lowest BCUT2D eigenvalue weighted by atomic mass is 9.82. The summed E-state index contributed by atoms with van der Waals surface area (Å²) in [7, 11) is 0. The van der Waals surface area contributed by atoms with Gasteiger partial charge in [0.2, 0.25) is 0 Å². The first-order chi connectivity index (χ1) is 9.76. The fourth-order valence-electron chi connectivity index (χ4n) is 2.47. The highest BCUT2D eigenvalue weighted by Crippen LogP contribution is 2.28. The van der Waals surface area contributed by atoms with Crippen LogP contribution in [0.2, 0.25) is 0 Å². The monoisotopic (exact) mass is 273 g/mol. The highest BCUT2D eigenvalue weighted by Gasteiger charge is 2.33. The van der Waals surface area contributed by atoms with Gasteiger partial charge in [-0.3, -0.25) is 0 Å². The molecule has 1 atom stereocenters. The van der Waals surface area contributed by atoms with Crippen molar-refractivity contribution < 1.29 is 9.26 Å². The zero-order valence-electron chi connectivity index (χ0n) is 11.6. The first-order valence-corrected chi connectivity index (χ1v) is 6.98. The van der Waals surface area contributed by atoms with Crippen molar-refractivity contribution in [3.63, 3.8) is 0 Å². The van der Waals surface area contributed by atoms with Crippen LogP contribution in [0.5, 0.6) is 5.75 Å². The molecule has 0 radical (unpaired) electrons. The van der Waals surface area contributed by atoms with E-state index in [0.717, 1.165) is 37.5 Å². The van der Waals surface area contributed by atoms with E-state index in [1.54, 1.807) is 0 Å². The van der Waals surface area contributed by atoms with Crippen LogP contribution in [-0.2, 0) is 12.0 Å². The van der Waals surface area contributed by atoms with Crippen molar-refractivity contribution in [3.8, 4) is 5.75 Å². The minimum absolute atomic E-state index is 0.0350. The van der Waals surface area contributed by atoms with Crippen molar-refractivity contribution in [2.45, 2.75) is 31.8 Å². The van der Waals surface area contributed by atoms with E-state index in [2.05, 4.69) is 22.4 Å². The number of ether oxygens (including phenoxy) is 1. The molecule has 3 rings (SSSR count). The van der Waals surface area contributed by atoms with Crippen LogP contribution in [0.1, 0.15) is 31.5 Å². The molecular formula is C15H19N3O2. The molecule has 0 saturated carbocycles. The molecule has 1 N–H and O–H groups in total. The molecule has 0 bridgehead atoms. The number of aromatic nitrogens is 2. The Kier molecular flexibility index (Phi) is 3.69. The quantitative estimate of drug-likeness (QED) is 0.926. The Morgan fingerprint density at radius 2 is 2.20 bits per heavy atom. The molecule has 1 fully saturated rings. The Morgan fingerprint density at radius 3 is 2.95 bits per heavy atom. The summed E-state index contributed by atoms with van der Waals surface area (Å²) < 4.78 is 10.9. The number of benzene rings is 1. The van der Waals surface area contributed by atoms with Crippen LogP contribution in [0.25, 0.3) is 0 Å². The Morgan fingerprint density at radius 1 is 1.35 bits per heavy atom. The maximum absolute atomic E-state index is 5.61. The van der Waals surface area contributed by atoms with Crippen LogP contribution in [0.4, 0.5) is 0 Å². The average Bonchev–Trinajstić information content (AvgIpc) is 2.97. The van der Waals surface area contributed by atoms with Gasteiger partial charge in [0.15, 0.2) is 12.4 Å². The van der Waals surface area contributed by atoms with Gasteiger partial charge in [-0.05, 0) is 31.5 Å². The van der Waals surface area contributed by atoms with E-state index in [-0.39, 0.29) is 5.41 Å². The molecule has 0 aliphatic carbocycles. The Bertz CT molecular complexity index is 547. The molecule has 2 heterocycles. The van der Waals surface area contributed by atoms with E-state index < -0.39 is 0 Å². The SMILES string of the molecule is CC1(c2noc(COc3ccccc3)n2)CCCNC1. The molecule has 5 nitrogen and oxygen atoms in total. The summed E-state index contributed by atoms with van der Waals surface area (Å²) in [6.07, 6.45) is 2.22. The zero-order chi connectivity index (χ0) is 13.8. The fraction of sp³-hybridized carbons (Fsp3) is 0.467. The number of nitrogens with one attached hydrogen (secondary N) is 1. The minimum atomic E-state index is -0.0350. The van der Waals surface area contributed by atoms with Crippen molar-refractivity contribution in [1.82, 2.24) is 15.5 Å². The predicted octanol–water partition coefficient (Wildman–Crippen LogP) is 2.29. The third-order valence-electron chi connectivity index (χ3n) is 3.71. The lowest BCUT2D eigenvalue weighted by Gasteiger charge is -2.30. The molecule has 2 aromatic rings. The Hall–Kier alpha value is -1.88. The van der Waals surface area contributed by atoms with Crippen LogP contribution in [-0.4, -0.2) is 23.2 Å². The molecule has 5 heteroatoms. The third kappa shape index (κ3) is 2.82. The zero-order valence-corrected chi connectivity index (χ0v) is 11.6. The summed E-state index contributed by atoms with van der Waals surface area (Å²) in [5, 5.41) is 7.51. The van der Waals surface area contributed by atoms with Crippen molar-refractivity contribution in [3.05, 3.63) is 42.0 Å². The lowest BCUT2D eigenvalue weighted by Crippen LogP contribution is -2.41. The minimum Gasteiger partial charge on any atom is -0.484 e. The number of piperidine rings is 1. The van der Waals surface area contributed by atoms with Crippen LogP contribution >= 0.6 is 0 Å². The highest BCUT2D eigenvalue weighted by molar-refractivity contribution is 5.21. The molecule has 106 valence electrons. The highest BCUT2D eigenvalue weighted by atomic mass is 16.5. The normalized spacial score (nSPS) is 22.6. The summed E-state index contributed by atoms with van der Waals surface area (Å²) in [5.74, 6) is 2.10. The molecule has 1 saturated heterocycles. The standard InChI is InChI=1S/C15H19N3O2/c1-15(8-5-9-16-11-15)14-17-13(20-18-14)10-19-12-6-3-2-4-7-12/h2-4,6-7,16H,5,8-11H2,1H3. The Labute approximate surface area is 118 Å². The maximum atomic E-state index is 5.61. The number of hydrogen-bond acceptors (Lipinski definition) is 5. The second kappa shape index (κ2) is 5.63. The Balaban J connectivity index is 1.65. The first-order valence-electron chi connectivity index (χ1n) is 6.98. The summed E-state index contributed by atoms with van der Waals surface area (Å²) in [6, 6.07) is 9.63. The maximum Gasteiger partial charge on any atom is 0.264 e. The molecule has 1 aromatic heterocycles. The smallest absolute Gasteiger partial charge is 0.264 e. The van der Waals surface area contributed by atoms with Crippen molar-refractivity contribution in [2.24, 2.45) is 0 Å². The van der Waals surface area contributed by atoms with E-state index in [1.165, 1.54) is 0 Å². The summed E-state index contributed by atoms with van der Waals surface area (Å²) in [6.45, 7) is 4.44. The molecule has 1 unspecified atom stereocenters. The van der Waals surface area contributed by atoms with Gasteiger partial charge in [0.1, 0.15) is 5.75 Å². The second-order valence-corrected chi connectivity index (χ2v) is 5.45. The van der Waals surface area contributed by atoms with Gasteiger partial charge in [-0.1, -0.05) is 30.3 Å². The number of para-hydroxylation sites is 1. The number of nitrogens with zero attached hydrogens (tertiary/aromatic N) is 2. The van der Waals surface area contributed by atoms with Crippen molar-refractivity contribution >= 4 is 0 Å². The lowest BCUT2D eigenvalue weighted by molar-refractivity contribution is 0.240. The van der Waals surface area contributed by atoms with Gasteiger partial charge in [-0.25, -0.2) is 0 Å². The van der Waals surface area contributed by atoms with Crippen LogP contribution in [0.15, 0.2) is 34.9 Å². The molecule has 1 aliphatic rings. The van der Waals surface area contributed by atoms with Gasteiger partial charge in [-0.15, -0.1) is 0 Å². The van der Waals surface area contributed by atoms with E-state index in [1.807, 2.05) is 30.3 Å². The van der Waals surface area contributed by atoms with Gasteiger partial charge in [0.25, 0.3) is 5.89 Å². The summed E-state index contributed by atoms with van der Waals surface area (Å²) >= 11 is 0. The summed E-state index contributed by atoms with van der Waals surface area (Å²) in [5.41, 5.74) is -0.0350. The molecular weight excluding hydrogens is 254 g/mol. The van der Waals surface area contributed by atoms with Crippen LogP contribution < -0.4 is 10.1 Å². The van der Waals surface area contributed by atoms with E-state index in [0.29, 0.717) is 12.5 Å². The summed E-state index contributed by atoms with van der Waals surface area (Å²) in [4.78, 5) is 4.48. The van der Waals surface area contributed by atoms with Gasteiger partial charge >= 0.3 is 0 Å². The third-order valence-corrected chi connectivity index (χ3v) is 3.71. The molecule has 1 aliphatic heterocycles. The van der Waals surface area contributed by atoms with E-state index in [9.17, 15) is 0 Å². The van der Waals surface area contributed by atoms with Crippen LogP contribution in [0, 0.1) is 0 Å². The van der Waals surface area contributed by atoms with Crippen molar-refractivity contribution in [2.75, 3.05) is 13.1 Å². The predicted molar refractivity (Wildman–Crippen MR) is 74.5 cm³/mol. The first kappa shape index (κ1) is 13.1.